The minimum Gasteiger partial charge on any atom is -0.381 e. The van der Waals surface area contributed by atoms with Crippen LogP contribution in [0.25, 0.3) is 28.1 Å². The van der Waals surface area contributed by atoms with Gasteiger partial charge in [-0.15, -0.1) is 0 Å². The highest BCUT2D eigenvalue weighted by Crippen LogP contribution is 2.36. The summed E-state index contributed by atoms with van der Waals surface area (Å²) in [7, 11) is 1.71. The highest BCUT2D eigenvalue weighted by Gasteiger charge is 2.38. The number of nitrogens with one attached hydrogen (secondary N) is 1. The number of alkyl halides is 4. The second-order valence-electron chi connectivity index (χ2n) is 9.89. The van der Waals surface area contributed by atoms with E-state index in [1.165, 1.54) is 16.6 Å². The minimum atomic E-state index is -4.73. The molecule has 4 heterocycles. The maximum Gasteiger partial charge on any atom is 0.435 e. The molecule has 0 radical (unpaired) electrons. The zero-order chi connectivity index (χ0) is 26.4. The maximum absolute atomic E-state index is 14.1. The van der Waals surface area contributed by atoms with Crippen LogP contribution in [0.4, 0.5) is 29.2 Å². The molecule has 0 amide bonds. The highest BCUT2D eigenvalue weighted by molar-refractivity contribution is 5.79. The lowest BCUT2D eigenvalue weighted by atomic mass is 9.93. The van der Waals surface area contributed by atoms with Crippen LogP contribution in [-0.4, -0.2) is 63.1 Å². The smallest absolute Gasteiger partial charge is 0.381 e. The summed E-state index contributed by atoms with van der Waals surface area (Å²) in [6.45, 7) is 0.731. The summed E-state index contributed by atoms with van der Waals surface area (Å²) in [6, 6.07) is 9.82. The first-order chi connectivity index (χ1) is 18.3. The van der Waals surface area contributed by atoms with Gasteiger partial charge < -0.3 is 15.0 Å². The molecule has 3 aromatic heterocycles. The molecule has 4 aromatic rings. The molecule has 200 valence electrons. The fraction of sp³-hybridized carbons (Fsp3) is 0.462. The third-order valence-corrected chi connectivity index (χ3v) is 7.31. The van der Waals surface area contributed by atoms with Crippen molar-refractivity contribution in [2.75, 3.05) is 30.4 Å². The number of methoxy groups -OCH3 is 1. The molecule has 2 aliphatic rings. The molecule has 0 spiro atoms. The monoisotopic (exact) mass is 529 g/mol. The molecular formula is C26H27F4N7O. The van der Waals surface area contributed by atoms with Crippen LogP contribution in [0, 0.1) is 0 Å². The van der Waals surface area contributed by atoms with Crippen LogP contribution in [-0.2, 0) is 10.9 Å². The average Bonchev–Trinajstić information content (AvgIpc) is 3.54. The predicted octanol–water partition coefficient (Wildman–Crippen LogP) is 5.28. The Kier molecular flexibility index (Phi) is 6.29. The molecule has 1 saturated heterocycles. The van der Waals surface area contributed by atoms with Crippen LogP contribution >= 0.6 is 0 Å². The summed E-state index contributed by atoms with van der Waals surface area (Å²) in [4.78, 5) is 14.7. The fourth-order valence-electron chi connectivity index (χ4n) is 5.30. The molecule has 1 saturated carbocycles. The van der Waals surface area contributed by atoms with Gasteiger partial charge >= 0.3 is 6.18 Å². The Morgan fingerprint density at radius 3 is 2.37 bits per heavy atom. The van der Waals surface area contributed by atoms with Gasteiger partial charge in [-0.2, -0.15) is 22.8 Å². The first kappa shape index (κ1) is 24.8. The van der Waals surface area contributed by atoms with E-state index in [2.05, 4.69) is 25.4 Å². The highest BCUT2D eigenvalue weighted by atomic mass is 19.4. The van der Waals surface area contributed by atoms with E-state index in [9.17, 15) is 17.6 Å². The maximum atomic E-state index is 14.1. The van der Waals surface area contributed by atoms with E-state index in [1.807, 2.05) is 4.90 Å². The number of para-hydroxylation sites is 2. The quantitative estimate of drug-likeness (QED) is 0.353. The van der Waals surface area contributed by atoms with E-state index in [0.717, 1.165) is 25.7 Å². The summed E-state index contributed by atoms with van der Waals surface area (Å²) in [6.07, 6.45) is -1.51. The first-order valence-corrected chi connectivity index (χ1v) is 12.7. The summed E-state index contributed by atoms with van der Waals surface area (Å²) in [5, 5.41) is 8.02. The summed E-state index contributed by atoms with van der Waals surface area (Å²) >= 11 is 0. The standard InChI is InChI=1S/C26H27F4N7O/c1-38-17-8-6-16(7-9-17)31-23-13-21(36-11-10-15(27)14-36)34-22-12-20(35-37(22)23)24-25(26(28,29)30)33-19-5-3-2-4-18(19)32-24/h2-5,12-13,15-17,31H,6-11,14H2,1H3/t15-,16?,17?/m1/s1. The van der Waals surface area contributed by atoms with E-state index < -0.39 is 18.0 Å². The number of benzene rings is 1. The lowest BCUT2D eigenvalue weighted by Gasteiger charge is -2.29. The summed E-state index contributed by atoms with van der Waals surface area (Å²) in [5.74, 6) is 1.14. The van der Waals surface area contributed by atoms with Crippen molar-refractivity contribution in [3.8, 4) is 11.4 Å². The Labute approximate surface area is 216 Å². The number of rotatable bonds is 5. The Balaban J connectivity index is 1.45. The van der Waals surface area contributed by atoms with E-state index in [1.54, 1.807) is 31.4 Å². The van der Waals surface area contributed by atoms with Crippen LogP contribution in [0.5, 0.6) is 0 Å². The number of anilines is 2. The van der Waals surface area contributed by atoms with Gasteiger partial charge in [0.1, 0.15) is 29.2 Å². The molecule has 1 atom stereocenters. The van der Waals surface area contributed by atoms with Gasteiger partial charge in [-0.05, 0) is 44.2 Å². The van der Waals surface area contributed by atoms with Gasteiger partial charge in [0.25, 0.3) is 0 Å². The molecule has 6 rings (SSSR count). The molecule has 1 aromatic carbocycles. The Hall–Kier alpha value is -3.54. The van der Waals surface area contributed by atoms with Gasteiger partial charge in [0, 0.05) is 31.8 Å². The molecule has 8 nitrogen and oxygen atoms in total. The summed E-state index contributed by atoms with van der Waals surface area (Å²) < 4.78 is 63.1. The number of hydrogen-bond acceptors (Lipinski definition) is 7. The number of fused-ring (bicyclic) bond motifs is 2. The van der Waals surface area contributed by atoms with Crippen LogP contribution in [0.2, 0.25) is 0 Å². The van der Waals surface area contributed by atoms with E-state index in [-0.39, 0.29) is 35.6 Å². The number of ether oxygens (including phenoxy) is 1. The first-order valence-electron chi connectivity index (χ1n) is 12.7. The average molecular weight is 530 g/mol. The molecule has 1 aliphatic heterocycles. The molecule has 12 heteroatoms. The lowest BCUT2D eigenvalue weighted by molar-refractivity contribution is -0.140. The number of halogens is 4. The normalized spacial score (nSPS) is 22.4. The second-order valence-corrected chi connectivity index (χ2v) is 9.89. The Morgan fingerprint density at radius 2 is 1.71 bits per heavy atom. The van der Waals surface area contributed by atoms with Gasteiger partial charge in [-0.3, -0.25) is 0 Å². The molecule has 1 N–H and O–H groups in total. The number of hydrogen-bond donors (Lipinski definition) is 1. The third kappa shape index (κ3) is 4.72. The Bertz CT molecular complexity index is 1470. The molecular weight excluding hydrogens is 502 g/mol. The van der Waals surface area contributed by atoms with Crippen molar-refractivity contribution < 1.29 is 22.3 Å². The van der Waals surface area contributed by atoms with Crippen molar-refractivity contribution in [2.24, 2.45) is 0 Å². The van der Waals surface area contributed by atoms with Gasteiger partial charge in [0.05, 0.1) is 23.7 Å². The fourth-order valence-corrected chi connectivity index (χ4v) is 5.30. The van der Waals surface area contributed by atoms with Crippen LogP contribution in [0.15, 0.2) is 36.4 Å². The zero-order valence-electron chi connectivity index (χ0n) is 20.7. The molecule has 0 unspecified atom stereocenters. The van der Waals surface area contributed by atoms with Crippen molar-refractivity contribution in [3.05, 3.63) is 42.1 Å². The van der Waals surface area contributed by atoms with Crippen molar-refractivity contribution in [1.29, 1.82) is 0 Å². The number of aromatic nitrogens is 5. The van der Waals surface area contributed by atoms with Crippen molar-refractivity contribution in [3.63, 3.8) is 0 Å². The van der Waals surface area contributed by atoms with Crippen LogP contribution in [0.3, 0.4) is 0 Å². The topological polar surface area (TPSA) is 80.5 Å². The van der Waals surface area contributed by atoms with Crippen molar-refractivity contribution >= 4 is 28.3 Å². The third-order valence-electron chi connectivity index (χ3n) is 7.31. The minimum absolute atomic E-state index is 0.0103. The molecule has 2 fully saturated rings. The van der Waals surface area contributed by atoms with Crippen LogP contribution < -0.4 is 10.2 Å². The predicted molar refractivity (Wildman–Crippen MR) is 135 cm³/mol. The zero-order valence-corrected chi connectivity index (χ0v) is 20.7. The molecule has 38 heavy (non-hydrogen) atoms. The summed E-state index contributed by atoms with van der Waals surface area (Å²) in [5.41, 5.74) is -0.629. The van der Waals surface area contributed by atoms with Crippen molar-refractivity contribution in [2.45, 2.75) is 56.6 Å². The molecule has 0 bridgehead atoms. The van der Waals surface area contributed by atoms with Gasteiger partial charge in [-0.1, -0.05) is 12.1 Å². The van der Waals surface area contributed by atoms with E-state index in [4.69, 9.17) is 4.74 Å². The van der Waals surface area contributed by atoms with Gasteiger partial charge in [0.2, 0.25) is 0 Å². The van der Waals surface area contributed by atoms with Crippen molar-refractivity contribution in [1.82, 2.24) is 24.6 Å². The van der Waals surface area contributed by atoms with Gasteiger partial charge in [-0.25, -0.2) is 19.3 Å². The van der Waals surface area contributed by atoms with E-state index in [0.29, 0.717) is 35.8 Å². The van der Waals surface area contributed by atoms with Crippen LogP contribution in [0.1, 0.15) is 37.8 Å². The number of nitrogens with zero attached hydrogens (tertiary/aromatic N) is 6. The Morgan fingerprint density at radius 1 is 0.974 bits per heavy atom. The lowest BCUT2D eigenvalue weighted by Crippen LogP contribution is -2.30. The van der Waals surface area contributed by atoms with Gasteiger partial charge in [0.15, 0.2) is 11.3 Å². The largest absolute Gasteiger partial charge is 0.435 e. The SMILES string of the molecule is COC1CCC(Nc2cc(N3CC[C@@H](F)C3)nc3cc(-c4nc5ccccc5nc4C(F)(F)F)nn23)CC1. The second kappa shape index (κ2) is 9.64. The molecule has 1 aliphatic carbocycles. The van der Waals surface area contributed by atoms with E-state index >= 15 is 0 Å².